The molecule has 1 heterocycles. The Kier molecular flexibility index (Phi) is 5.67. The van der Waals surface area contributed by atoms with Crippen LogP contribution in [0.3, 0.4) is 0 Å². The highest BCUT2D eigenvalue weighted by molar-refractivity contribution is 6.14. The average molecular weight is 411 g/mol. The molecule has 31 heavy (non-hydrogen) atoms. The third kappa shape index (κ3) is 4.26. The minimum absolute atomic E-state index is 0.00119. The van der Waals surface area contributed by atoms with E-state index < -0.39 is 23.5 Å². The number of aliphatic hydroxyl groups excluding tert-OH is 1. The Morgan fingerprint density at radius 2 is 1.58 bits per heavy atom. The summed E-state index contributed by atoms with van der Waals surface area (Å²) in [5, 5.41) is 20.6. The standard InChI is InChI=1S/C26H21NO4/c28-21-13-7-12-20(16-21)24-23(22(29)15-14-18-8-3-1-4-9-18)25(30)26(31)27(24)17-19-10-5-2-6-11-19/h1-16,24,28,30H,17H2. The van der Waals surface area contributed by atoms with Crippen LogP contribution in [0.5, 0.6) is 5.75 Å². The van der Waals surface area contributed by atoms with Gasteiger partial charge in [-0.2, -0.15) is 0 Å². The normalized spacial score (nSPS) is 16.3. The molecule has 3 aromatic rings. The molecule has 1 atom stereocenters. The molecule has 0 aliphatic carbocycles. The van der Waals surface area contributed by atoms with Crippen molar-refractivity contribution in [2.45, 2.75) is 12.6 Å². The van der Waals surface area contributed by atoms with Crippen molar-refractivity contribution in [1.82, 2.24) is 4.90 Å². The number of rotatable bonds is 6. The van der Waals surface area contributed by atoms with Crippen molar-refractivity contribution in [3.63, 3.8) is 0 Å². The quantitative estimate of drug-likeness (QED) is 0.583. The van der Waals surface area contributed by atoms with E-state index in [1.807, 2.05) is 60.7 Å². The first-order valence-electron chi connectivity index (χ1n) is 9.89. The summed E-state index contributed by atoms with van der Waals surface area (Å²) in [4.78, 5) is 27.5. The van der Waals surface area contributed by atoms with Crippen LogP contribution in [0.15, 0.2) is 102 Å². The van der Waals surface area contributed by atoms with E-state index >= 15 is 0 Å². The number of hydrogen-bond acceptors (Lipinski definition) is 4. The predicted molar refractivity (Wildman–Crippen MR) is 118 cm³/mol. The molecule has 0 aromatic heterocycles. The molecule has 5 nitrogen and oxygen atoms in total. The lowest BCUT2D eigenvalue weighted by Crippen LogP contribution is -2.30. The van der Waals surface area contributed by atoms with Gasteiger partial charge in [-0.05, 0) is 34.9 Å². The SMILES string of the molecule is O=C(C=Cc1ccccc1)C1=C(O)C(=O)N(Cc2ccccc2)C1c1cccc(O)c1. The van der Waals surface area contributed by atoms with E-state index in [0.29, 0.717) is 5.56 Å². The number of aliphatic hydroxyl groups is 1. The van der Waals surface area contributed by atoms with Gasteiger partial charge in [-0.25, -0.2) is 0 Å². The van der Waals surface area contributed by atoms with E-state index in [0.717, 1.165) is 11.1 Å². The van der Waals surface area contributed by atoms with E-state index in [4.69, 9.17) is 0 Å². The zero-order chi connectivity index (χ0) is 21.8. The molecule has 0 saturated carbocycles. The van der Waals surface area contributed by atoms with Crippen LogP contribution in [0.4, 0.5) is 0 Å². The van der Waals surface area contributed by atoms with E-state index in [-0.39, 0.29) is 17.9 Å². The lowest BCUT2D eigenvalue weighted by atomic mass is 9.95. The van der Waals surface area contributed by atoms with Crippen molar-refractivity contribution in [1.29, 1.82) is 0 Å². The predicted octanol–water partition coefficient (Wildman–Crippen LogP) is 4.57. The van der Waals surface area contributed by atoms with Gasteiger partial charge >= 0.3 is 0 Å². The highest BCUT2D eigenvalue weighted by Gasteiger charge is 2.42. The van der Waals surface area contributed by atoms with Crippen LogP contribution in [-0.2, 0) is 16.1 Å². The largest absolute Gasteiger partial charge is 0.508 e. The molecule has 0 saturated heterocycles. The number of hydrogen-bond donors (Lipinski definition) is 2. The fourth-order valence-electron chi connectivity index (χ4n) is 3.72. The molecule has 1 aliphatic rings. The van der Waals surface area contributed by atoms with Gasteiger partial charge in [-0.1, -0.05) is 78.9 Å². The number of ketones is 1. The van der Waals surface area contributed by atoms with E-state index in [1.165, 1.54) is 23.1 Å². The Morgan fingerprint density at radius 3 is 2.26 bits per heavy atom. The lowest BCUT2D eigenvalue weighted by Gasteiger charge is -2.26. The smallest absolute Gasteiger partial charge is 0.290 e. The first kappa shape index (κ1) is 20.2. The summed E-state index contributed by atoms with van der Waals surface area (Å²) < 4.78 is 0. The average Bonchev–Trinajstić information content (AvgIpc) is 3.04. The number of nitrogens with zero attached hydrogens (tertiary/aromatic N) is 1. The van der Waals surface area contributed by atoms with Crippen LogP contribution in [0.1, 0.15) is 22.7 Å². The van der Waals surface area contributed by atoms with Crippen LogP contribution in [-0.4, -0.2) is 26.8 Å². The fourth-order valence-corrected chi connectivity index (χ4v) is 3.72. The summed E-state index contributed by atoms with van der Waals surface area (Å²) in [5.74, 6) is -1.62. The summed E-state index contributed by atoms with van der Waals surface area (Å²) in [6, 6.07) is 24.2. The minimum Gasteiger partial charge on any atom is -0.508 e. The van der Waals surface area contributed by atoms with Crippen molar-refractivity contribution < 1.29 is 19.8 Å². The highest BCUT2D eigenvalue weighted by atomic mass is 16.3. The van der Waals surface area contributed by atoms with Crippen molar-refractivity contribution in [3.05, 3.63) is 119 Å². The first-order valence-corrected chi connectivity index (χ1v) is 9.89. The monoisotopic (exact) mass is 411 g/mol. The van der Waals surface area contributed by atoms with E-state index in [2.05, 4.69) is 0 Å². The van der Waals surface area contributed by atoms with Gasteiger partial charge in [0, 0.05) is 6.54 Å². The molecule has 0 bridgehead atoms. The third-order valence-electron chi connectivity index (χ3n) is 5.18. The molecular weight excluding hydrogens is 390 g/mol. The Balaban J connectivity index is 1.73. The fraction of sp³-hybridized carbons (Fsp3) is 0.0769. The first-order chi connectivity index (χ1) is 15.0. The second-order valence-electron chi connectivity index (χ2n) is 7.29. The van der Waals surface area contributed by atoms with E-state index in [1.54, 1.807) is 18.2 Å². The number of allylic oxidation sites excluding steroid dienone is 1. The van der Waals surface area contributed by atoms with Crippen molar-refractivity contribution in [3.8, 4) is 5.75 Å². The lowest BCUT2D eigenvalue weighted by molar-refractivity contribution is -0.130. The van der Waals surface area contributed by atoms with Crippen LogP contribution in [0, 0.1) is 0 Å². The molecule has 0 fully saturated rings. The number of phenols is 1. The maximum atomic E-state index is 13.1. The zero-order valence-corrected chi connectivity index (χ0v) is 16.7. The van der Waals surface area contributed by atoms with Gasteiger partial charge in [0.15, 0.2) is 11.5 Å². The molecule has 154 valence electrons. The molecular formula is C26H21NO4. The van der Waals surface area contributed by atoms with Gasteiger partial charge in [0.05, 0.1) is 11.6 Å². The van der Waals surface area contributed by atoms with Crippen molar-refractivity contribution in [2.75, 3.05) is 0 Å². The third-order valence-corrected chi connectivity index (χ3v) is 5.18. The van der Waals surface area contributed by atoms with Gasteiger partial charge in [-0.3, -0.25) is 9.59 Å². The van der Waals surface area contributed by atoms with Gasteiger partial charge in [0.1, 0.15) is 5.75 Å². The topological polar surface area (TPSA) is 77.8 Å². The molecule has 1 aliphatic heterocycles. The number of carbonyl (C=O) groups is 2. The summed E-state index contributed by atoms with van der Waals surface area (Å²) >= 11 is 0. The van der Waals surface area contributed by atoms with Gasteiger partial charge < -0.3 is 15.1 Å². The molecule has 3 aromatic carbocycles. The van der Waals surface area contributed by atoms with Crippen molar-refractivity contribution >= 4 is 17.8 Å². The minimum atomic E-state index is -0.812. The molecule has 1 unspecified atom stereocenters. The van der Waals surface area contributed by atoms with Gasteiger partial charge in [0.2, 0.25) is 0 Å². The number of phenolic OH excluding ortho intramolecular Hbond substituents is 1. The highest BCUT2D eigenvalue weighted by Crippen LogP contribution is 2.39. The van der Waals surface area contributed by atoms with Gasteiger partial charge in [0.25, 0.3) is 5.91 Å². The maximum Gasteiger partial charge on any atom is 0.290 e. The maximum absolute atomic E-state index is 13.1. The van der Waals surface area contributed by atoms with Crippen molar-refractivity contribution in [2.24, 2.45) is 0 Å². The number of aromatic hydroxyl groups is 1. The Labute approximate surface area is 180 Å². The molecule has 4 rings (SSSR count). The zero-order valence-electron chi connectivity index (χ0n) is 16.7. The second-order valence-corrected chi connectivity index (χ2v) is 7.29. The van der Waals surface area contributed by atoms with Gasteiger partial charge in [-0.15, -0.1) is 0 Å². The number of amides is 1. The number of benzene rings is 3. The summed E-state index contributed by atoms with van der Waals surface area (Å²) in [5.41, 5.74) is 2.24. The molecule has 0 spiro atoms. The molecule has 5 heteroatoms. The second kappa shape index (κ2) is 8.71. The van der Waals surface area contributed by atoms with E-state index in [9.17, 15) is 19.8 Å². The summed E-state index contributed by atoms with van der Waals surface area (Å²) in [6.07, 6.45) is 3.00. The Bertz CT molecular complexity index is 1170. The molecule has 2 N–H and O–H groups in total. The molecule has 0 radical (unpaired) electrons. The Morgan fingerprint density at radius 1 is 0.903 bits per heavy atom. The Hall–Kier alpha value is -4.12. The van der Waals surface area contributed by atoms with Crippen LogP contribution in [0.2, 0.25) is 0 Å². The molecule has 1 amide bonds. The summed E-state index contributed by atoms with van der Waals surface area (Å²) in [7, 11) is 0. The van der Waals surface area contributed by atoms with Crippen LogP contribution >= 0.6 is 0 Å². The van der Waals surface area contributed by atoms with Crippen LogP contribution < -0.4 is 0 Å². The van der Waals surface area contributed by atoms with Crippen LogP contribution in [0.25, 0.3) is 6.08 Å². The summed E-state index contributed by atoms with van der Waals surface area (Å²) in [6.45, 7) is 0.212. The number of carbonyl (C=O) groups excluding carboxylic acids is 2.